The Morgan fingerprint density at radius 3 is 2.93 bits per heavy atom. The molecule has 2 N–H and O–H groups in total. The lowest BCUT2D eigenvalue weighted by Crippen LogP contribution is -2.35. The molecule has 1 aliphatic heterocycles. The topological polar surface area (TPSA) is 50.7 Å². The predicted octanol–water partition coefficient (Wildman–Crippen LogP) is 0.541. The van der Waals surface area contributed by atoms with Gasteiger partial charge in [0.05, 0.1) is 24.9 Å². The Hall–Kier alpha value is -0.160. The van der Waals surface area contributed by atoms with Crippen molar-refractivity contribution in [1.82, 2.24) is 5.32 Å². The Morgan fingerprint density at radius 1 is 1.53 bits per heavy atom. The number of aliphatic hydroxyl groups is 1. The summed E-state index contributed by atoms with van der Waals surface area (Å²) in [5.41, 5.74) is 0. The molecule has 2 unspecified atom stereocenters. The molecule has 1 aliphatic rings. The predicted molar refractivity (Wildman–Crippen MR) is 58.9 cm³/mol. The molecule has 15 heavy (non-hydrogen) atoms. The SMILES string of the molecule is CC(C)OCC(O)CNCC1CCCO1. The monoisotopic (exact) mass is 217 g/mol. The lowest BCUT2D eigenvalue weighted by Gasteiger charge is -2.15. The van der Waals surface area contributed by atoms with Crippen LogP contribution in [0.15, 0.2) is 0 Å². The molecule has 0 amide bonds. The molecule has 2 atom stereocenters. The largest absolute Gasteiger partial charge is 0.389 e. The lowest BCUT2D eigenvalue weighted by molar-refractivity contribution is 0.00499. The molecule has 0 saturated carbocycles. The first-order valence-electron chi connectivity index (χ1n) is 5.80. The summed E-state index contributed by atoms with van der Waals surface area (Å²) < 4.78 is 10.8. The van der Waals surface area contributed by atoms with Gasteiger partial charge in [0.25, 0.3) is 0 Å². The zero-order chi connectivity index (χ0) is 11.1. The fourth-order valence-corrected chi connectivity index (χ4v) is 1.58. The van der Waals surface area contributed by atoms with E-state index in [1.807, 2.05) is 13.8 Å². The van der Waals surface area contributed by atoms with Crippen LogP contribution in [0, 0.1) is 0 Å². The smallest absolute Gasteiger partial charge is 0.0897 e. The van der Waals surface area contributed by atoms with E-state index < -0.39 is 6.10 Å². The van der Waals surface area contributed by atoms with Crippen molar-refractivity contribution in [3.8, 4) is 0 Å². The minimum absolute atomic E-state index is 0.179. The van der Waals surface area contributed by atoms with E-state index in [4.69, 9.17) is 9.47 Å². The molecule has 1 saturated heterocycles. The van der Waals surface area contributed by atoms with Crippen molar-refractivity contribution in [2.75, 3.05) is 26.3 Å². The molecular weight excluding hydrogens is 194 g/mol. The normalized spacial score (nSPS) is 23.6. The van der Waals surface area contributed by atoms with Crippen molar-refractivity contribution in [2.45, 2.75) is 45.0 Å². The Balaban J connectivity index is 1.93. The summed E-state index contributed by atoms with van der Waals surface area (Å²) in [4.78, 5) is 0. The van der Waals surface area contributed by atoms with Crippen molar-refractivity contribution < 1.29 is 14.6 Å². The van der Waals surface area contributed by atoms with Gasteiger partial charge in [0.2, 0.25) is 0 Å². The molecule has 0 aromatic carbocycles. The van der Waals surface area contributed by atoms with E-state index in [1.165, 1.54) is 0 Å². The highest BCUT2D eigenvalue weighted by molar-refractivity contribution is 4.69. The van der Waals surface area contributed by atoms with Crippen LogP contribution < -0.4 is 5.32 Å². The van der Waals surface area contributed by atoms with E-state index in [2.05, 4.69) is 5.32 Å². The molecule has 0 aliphatic carbocycles. The molecule has 0 aromatic rings. The average molecular weight is 217 g/mol. The Labute approximate surface area is 92.0 Å². The van der Waals surface area contributed by atoms with Gasteiger partial charge in [-0.25, -0.2) is 0 Å². The number of aliphatic hydroxyl groups excluding tert-OH is 1. The highest BCUT2D eigenvalue weighted by atomic mass is 16.5. The third kappa shape index (κ3) is 6.10. The first-order chi connectivity index (χ1) is 7.18. The summed E-state index contributed by atoms with van der Waals surface area (Å²) in [6, 6.07) is 0. The second-order valence-corrected chi connectivity index (χ2v) is 4.33. The van der Waals surface area contributed by atoms with Crippen molar-refractivity contribution in [1.29, 1.82) is 0 Å². The van der Waals surface area contributed by atoms with Crippen molar-refractivity contribution in [2.24, 2.45) is 0 Å². The molecule has 4 heteroatoms. The van der Waals surface area contributed by atoms with Crippen LogP contribution in [0.2, 0.25) is 0 Å². The van der Waals surface area contributed by atoms with Gasteiger partial charge in [-0.2, -0.15) is 0 Å². The van der Waals surface area contributed by atoms with E-state index in [1.54, 1.807) is 0 Å². The Bertz CT molecular complexity index is 158. The van der Waals surface area contributed by atoms with Gasteiger partial charge in [-0.05, 0) is 26.7 Å². The molecule has 4 nitrogen and oxygen atoms in total. The van der Waals surface area contributed by atoms with Crippen LogP contribution >= 0.6 is 0 Å². The molecule has 1 rings (SSSR count). The first kappa shape index (κ1) is 12.9. The Kier molecular flexibility index (Phi) is 6.17. The minimum atomic E-state index is -0.422. The lowest BCUT2D eigenvalue weighted by atomic mass is 10.2. The van der Waals surface area contributed by atoms with E-state index in [-0.39, 0.29) is 6.10 Å². The fraction of sp³-hybridized carbons (Fsp3) is 1.00. The van der Waals surface area contributed by atoms with Gasteiger partial charge in [0.15, 0.2) is 0 Å². The Morgan fingerprint density at radius 2 is 2.33 bits per heavy atom. The highest BCUT2D eigenvalue weighted by Crippen LogP contribution is 2.10. The summed E-state index contributed by atoms with van der Waals surface area (Å²) in [6.45, 7) is 6.62. The summed E-state index contributed by atoms with van der Waals surface area (Å²) in [6.07, 6.45) is 2.38. The quantitative estimate of drug-likeness (QED) is 0.653. The number of hydrogen-bond acceptors (Lipinski definition) is 4. The van der Waals surface area contributed by atoms with Gasteiger partial charge in [-0.3, -0.25) is 0 Å². The van der Waals surface area contributed by atoms with Crippen molar-refractivity contribution in [3.05, 3.63) is 0 Å². The number of rotatable bonds is 7. The van der Waals surface area contributed by atoms with Gasteiger partial charge in [0, 0.05) is 19.7 Å². The van der Waals surface area contributed by atoms with Gasteiger partial charge in [-0.1, -0.05) is 0 Å². The molecule has 1 fully saturated rings. The standard InChI is InChI=1S/C11H23NO3/c1-9(2)15-8-10(13)6-12-7-11-4-3-5-14-11/h9-13H,3-8H2,1-2H3. The maximum absolute atomic E-state index is 9.54. The van der Waals surface area contributed by atoms with Crippen LogP contribution in [0.3, 0.4) is 0 Å². The van der Waals surface area contributed by atoms with E-state index in [9.17, 15) is 5.11 Å². The summed E-state index contributed by atoms with van der Waals surface area (Å²) in [5, 5.41) is 12.7. The molecule has 1 heterocycles. The van der Waals surface area contributed by atoms with Crippen LogP contribution in [0.1, 0.15) is 26.7 Å². The average Bonchev–Trinajstić information content (AvgIpc) is 2.67. The van der Waals surface area contributed by atoms with Crippen LogP contribution in [-0.4, -0.2) is 49.7 Å². The van der Waals surface area contributed by atoms with Gasteiger partial charge in [0.1, 0.15) is 0 Å². The number of hydrogen-bond donors (Lipinski definition) is 2. The van der Waals surface area contributed by atoms with Crippen molar-refractivity contribution >= 4 is 0 Å². The number of ether oxygens (including phenoxy) is 2. The third-order valence-electron chi connectivity index (χ3n) is 2.40. The molecule has 0 aromatic heterocycles. The van der Waals surface area contributed by atoms with Crippen LogP contribution in [0.4, 0.5) is 0 Å². The van der Waals surface area contributed by atoms with Crippen LogP contribution in [0.5, 0.6) is 0 Å². The minimum Gasteiger partial charge on any atom is -0.389 e. The summed E-state index contributed by atoms with van der Waals surface area (Å²) >= 11 is 0. The zero-order valence-electron chi connectivity index (χ0n) is 9.74. The van der Waals surface area contributed by atoms with E-state index >= 15 is 0 Å². The second-order valence-electron chi connectivity index (χ2n) is 4.33. The summed E-state index contributed by atoms with van der Waals surface area (Å²) in [5.74, 6) is 0. The zero-order valence-corrected chi connectivity index (χ0v) is 9.74. The van der Waals surface area contributed by atoms with Gasteiger partial charge >= 0.3 is 0 Å². The molecular formula is C11H23NO3. The first-order valence-corrected chi connectivity index (χ1v) is 5.80. The fourth-order valence-electron chi connectivity index (χ4n) is 1.58. The second kappa shape index (κ2) is 7.17. The summed E-state index contributed by atoms with van der Waals surface area (Å²) in [7, 11) is 0. The molecule has 0 spiro atoms. The van der Waals surface area contributed by atoms with Crippen LogP contribution in [0.25, 0.3) is 0 Å². The van der Waals surface area contributed by atoms with Gasteiger partial charge < -0.3 is 19.9 Å². The maximum Gasteiger partial charge on any atom is 0.0897 e. The molecule has 90 valence electrons. The van der Waals surface area contributed by atoms with Crippen molar-refractivity contribution in [3.63, 3.8) is 0 Å². The highest BCUT2D eigenvalue weighted by Gasteiger charge is 2.15. The van der Waals surface area contributed by atoms with E-state index in [0.29, 0.717) is 19.3 Å². The molecule has 0 radical (unpaired) electrons. The van der Waals surface area contributed by atoms with E-state index in [0.717, 1.165) is 26.0 Å². The van der Waals surface area contributed by atoms with Crippen LogP contribution in [-0.2, 0) is 9.47 Å². The van der Waals surface area contributed by atoms with Gasteiger partial charge in [-0.15, -0.1) is 0 Å². The maximum atomic E-state index is 9.54. The third-order valence-corrected chi connectivity index (χ3v) is 2.40. The number of nitrogens with one attached hydrogen (secondary N) is 1. The molecule has 0 bridgehead atoms.